The summed E-state index contributed by atoms with van der Waals surface area (Å²) in [5.74, 6) is 2.38. The van der Waals surface area contributed by atoms with Crippen molar-refractivity contribution in [2.24, 2.45) is 7.05 Å². The molecule has 0 fully saturated rings. The van der Waals surface area contributed by atoms with Gasteiger partial charge in [0.15, 0.2) is 0 Å². The molecular formula is C12H14N2OS. The van der Waals surface area contributed by atoms with Gasteiger partial charge in [-0.2, -0.15) is 0 Å². The predicted octanol–water partition coefficient (Wildman–Crippen LogP) is 2.46. The maximum absolute atomic E-state index is 9.31. The third-order valence-electron chi connectivity index (χ3n) is 2.33. The van der Waals surface area contributed by atoms with Crippen molar-refractivity contribution in [1.29, 1.82) is 0 Å². The summed E-state index contributed by atoms with van der Waals surface area (Å²) in [4.78, 5) is 5.36. The lowest BCUT2D eigenvalue weighted by Crippen LogP contribution is -1.98. The largest absolute Gasteiger partial charge is 0.508 e. The van der Waals surface area contributed by atoms with Gasteiger partial charge in [0.1, 0.15) is 11.6 Å². The van der Waals surface area contributed by atoms with E-state index in [1.807, 2.05) is 36.1 Å². The Bertz CT molecular complexity index is 468. The molecule has 0 unspecified atom stereocenters. The normalized spacial score (nSPS) is 10.6. The lowest BCUT2D eigenvalue weighted by Gasteiger charge is -2.02. The molecule has 2 aromatic rings. The van der Waals surface area contributed by atoms with Crippen LogP contribution in [-0.4, -0.2) is 20.4 Å². The number of nitrogens with zero attached hydrogens (tertiary/aromatic N) is 2. The highest BCUT2D eigenvalue weighted by molar-refractivity contribution is 7.99. The van der Waals surface area contributed by atoms with Crippen LogP contribution in [0.1, 0.15) is 5.82 Å². The van der Waals surface area contributed by atoms with E-state index in [1.54, 1.807) is 23.9 Å². The fraction of sp³-hybridized carbons (Fsp3) is 0.250. The topological polar surface area (TPSA) is 38.0 Å². The Morgan fingerprint density at radius 2 is 2.31 bits per heavy atom. The van der Waals surface area contributed by atoms with Gasteiger partial charge in [-0.1, -0.05) is 6.07 Å². The Kier molecular flexibility index (Phi) is 3.51. The van der Waals surface area contributed by atoms with Gasteiger partial charge in [-0.3, -0.25) is 0 Å². The van der Waals surface area contributed by atoms with Crippen molar-refractivity contribution < 1.29 is 5.11 Å². The van der Waals surface area contributed by atoms with Crippen molar-refractivity contribution in [3.63, 3.8) is 0 Å². The molecule has 1 heterocycles. The second-order valence-corrected chi connectivity index (χ2v) is 4.72. The SMILES string of the molecule is Cn1ccnc1CCSc1cccc(O)c1. The van der Waals surface area contributed by atoms with E-state index in [2.05, 4.69) is 4.98 Å². The fourth-order valence-electron chi connectivity index (χ4n) is 1.47. The van der Waals surface area contributed by atoms with Crippen molar-refractivity contribution in [2.45, 2.75) is 11.3 Å². The number of hydrogen-bond acceptors (Lipinski definition) is 3. The number of aromatic nitrogens is 2. The minimum atomic E-state index is 0.321. The minimum absolute atomic E-state index is 0.321. The lowest BCUT2D eigenvalue weighted by molar-refractivity contribution is 0.474. The van der Waals surface area contributed by atoms with Crippen molar-refractivity contribution in [3.05, 3.63) is 42.5 Å². The molecule has 0 amide bonds. The second-order valence-electron chi connectivity index (χ2n) is 3.55. The third kappa shape index (κ3) is 2.79. The molecule has 0 aliphatic heterocycles. The van der Waals surface area contributed by atoms with Gasteiger partial charge in [-0.25, -0.2) is 4.98 Å². The summed E-state index contributed by atoms with van der Waals surface area (Å²) in [6.07, 6.45) is 4.70. The molecule has 0 saturated carbocycles. The zero-order valence-electron chi connectivity index (χ0n) is 9.13. The first-order valence-corrected chi connectivity index (χ1v) is 6.12. The van der Waals surface area contributed by atoms with E-state index in [1.165, 1.54) is 0 Å². The average Bonchev–Trinajstić information content (AvgIpc) is 2.65. The molecule has 1 N–H and O–H groups in total. The zero-order valence-corrected chi connectivity index (χ0v) is 9.94. The highest BCUT2D eigenvalue weighted by Crippen LogP contribution is 2.22. The summed E-state index contributed by atoms with van der Waals surface area (Å²) in [5, 5.41) is 9.31. The highest BCUT2D eigenvalue weighted by atomic mass is 32.2. The minimum Gasteiger partial charge on any atom is -0.508 e. The Balaban J connectivity index is 1.87. The van der Waals surface area contributed by atoms with Crippen LogP contribution >= 0.6 is 11.8 Å². The van der Waals surface area contributed by atoms with Crippen molar-refractivity contribution in [3.8, 4) is 5.75 Å². The van der Waals surface area contributed by atoms with Gasteiger partial charge in [-0.15, -0.1) is 11.8 Å². The summed E-state index contributed by atoms with van der Waals surface area (Å²) < 4.78 is 2.03. The molecule has 1 aromatic carbocycles. The summed E-state index contributed by atoms with van der Waals surface area (Å²) in [7, 11) is 2.00. The van der Waals surface area contributed by atoms with E-state index < -0.39 is 0 Å². The molecule has 2 rings (SSSR count). The first-order valence-electron chi connectivity index (χ1n) is 5.14. The van der Waals surface area contributed by atoms with Crippen LogP contribution in [0, 0.1) is 0 Å². The van der Waals surface area contributed by atoms with E-state index in [-0.39, 0.29) is 0 Å². The van der Waals surface area contributed by atoms with Gasteiger partial charge < -0.3 is 9.67 Å². The number of thioether (sulfide) groups is 1. The standard InChI is InChI=1S/C12H14N2OS/c1-14-7-6-13-12(14)5-8-16-11-4-2-3-10(15)9-11/h2-4,6-7,9,15H,5,8H2,1H3. The van der Waals surface area contributed by atoms with Crippen molar-refractivity contribution in [2.75, 3.05) is 5.75 Å². The molecule has 3 nitrogen and oxygen atoms in total. The number of phenols is 1. The van der Waals surface area contributed by atoms with Crippen LogP contribution in [0.3, 0.4) is 0 Å². The summed E-state index contributed by atoms with van der Waals surface area (Å²) in [5.41, 5.74) is 0. The Labute approximate surface area is 99.1 Å². The van der Waals surface area contributed by atoms with Gasteiger partial charge >= 0.3 is 0 Å². The molecule has 0 radical (unpaired) electrons. The van der Waals surface area contributed by atoms with Crippen LogP contribution in [0.15, 0.2) is 41.6 Å². The van der Waals surface area contributed by atoms with Crippen LogP contribution in [0.5, 0.6) is 5.75 Å². The van der Waals surface area contributed by atoms with E-state index in [9.17, 15) is 5.11 Å². The molecule has 0 bridgehead atoms. The number of imidazole rings is 1. The van der Waals surface area contributed by atoms with Crippen molar-refractivity contribution in [1.82, 2.24) is 9.55 Å². The Morgan fingerprint density at radius 1 is 1.44 bits per heavy atom. The quantitative estimate of drug-likeness (QED) is 0.826. The average molecular weight is 234 g/mol. The van der Waals surface area contributed by atoms with Gasteiger partial charge in [0.25, 0.3) is 0 Å². The maximum atomic E-state index is 9.31. The van der Waals surface area contributed by atoms with E-state index in [4.69, 9.17) is 0 Å². The van der Waals surface area contributed by atoms with Crippen LogP contribution in [0.2, 0.25) is 0 Å². The third-order valence-corrected chi connectivity index (χ3v) is 3.33. The molecule has 0 spiro atoms. The predicted molar refractivity (Wildman–Crippen MR) is 65.7 cm³/mol. The van der Waals surface area contributed by atoms with Crippen LogP contribution in [0.4, 0.5) is 0 Å². The van der Waals surface area contributed by atoms with Gasteiger partial charge in [-0.05, 0) is 18.2 Å². The molecule has 84 valence electrons. The molecule has 0 aliphatic carbocycles. The molecule has 1 aromatic heterocycles. The number of aromatic hydroxyl groups is 1. The molecule has 0 aliphatic rings. The van der Waals surface area contributed by atoms with Crippen LogP contribution in [0.25, 0.3) is 0 Å². The van der Waals surface area contributed by atoms with Gasteiger partial charge in [0.05, 0.1) is 0 Å². The maximum Gasteiger partial charge on any atom is 0.116 e. The number of phenolic OH excluding ortho intramolecular Hbond substituents is 1. The molecule has 0 saturated heterocycles. The summed E-state index contributed by atoms with van der Waals surface area (Å²) >= 11 is 1.73. The van der Waals surface area contributed by atoms with Gasteiger partial charge in [0.2, 0.25) is 0 Å². The first kappa shape index (κ1) is 11.1. The smallest absolute Gasteiger partial charge is 0.116 e. The molecule has 16 heavy (non-hydrogen) atoms. The van der Waals surface area contributed by atoms with Gasteiger partial charge in [0, 0.05) is 36.5 Å². The monoisotopic (exact) mass is 234 g/mol. The number of rotatable bonds is 4. The Morgan fingerprint density at radius 3 is 3.00 bits per heavy atom. The highest BCUT2D eigenvalue weighted by Gasteiger charge is 2.00. The summed E-state index contributed by atoms with van der Waals surface area (Å²) in [6.45, 7) is 0. The van der Waals surface area contributed by atoms with E-state index in [0.717, 1.165) is 22.9 Å². The number of benzene rings is 1. The number of aryl methyl sites for hydroxylation is 2. The molecule has 0 atom stereocenters. The molecular weight excluding hydrogens is 220 g/mol. The van der Waals surface area contributed by atoms with Crippen molar-refractivity contribution >= 4 is 11.8 Å². The summed E-state index contributed by atoms with van der Waals surface area (Å²) in [6, 6.07) is 7.33. The van der Waals surface area contributed by atoms with E-state index >= 15 is 0 Å². The van der Waals surface area contributed by atoms with Crippen LogP contribution < -0.4 is 0 Å². The lowest BCUT2D eigenvalue weighted by atomic mass is 10.3. The fourth-order valence-corrected chi connectivity index (χ4v) is 2.37. The second kappa shape index (κ2) is 5.07. The zero-order chi connectivity index (χ0) is 11.4. The first-order chi connectivity index (χ1) is 7.75. The Hall–Kier alpha value is -1.42. The number of hydrogen-bond donors (Lipinski definition) is 1. The van der Waals surface area contributed by atoms with E-state index in [0.29, 0.717) is 5.75 Å². The molecule has 4 heteroatoms. The van der Waals surface area contributed by atoms with Crippen LogP contribution in [-0.2, 0) is 13.5 Å².